The lowest BCUT2D eigenvalue weighted by atomic mass is 10.2. The number of aliphatic imine (C=N–C) groups is 1. The van der Waals surface area contributed by atoms with Crippen LogP contribution in [0.15, 0.2) is 10.4 Å². The molecule has 0 unspecified atom stereocenters. The number of thiazole rings is 1. The van der Waals surface area contributed by atoms with Gasteiger partial charge in [0, 0.05) is 25.5 Å². The summed E-state index contributed by atoms with van der Waals surface area (Å²) in [5, 5.41) is 12.2. The first-order chi connectivity index (χ1) is 10.8. The summed E-state index contributed by atoms with van der Waals surface area (Å²) >= 11 is 1.67. The number of rotatable bonds is 6. The smallest absolute Gasteiger partial charge is 0.407 e. The molecule has 3 N–H and O–H groups in total. The van der Waals surface area contributed by atoms with Gasteiger partial charge in [-0.2, -0.15) is 0 Å². The molecular formula is C15H27N5O2S. The van der Waals surface area contributed by atoms with Crippen LogP contribution in [0, 0.1) is 0 Å². The average molecular weight is 341 g/mol. The number of guanidine groups is 1. The molecule has 1 aromatic rings. The molecule has 7 nitrogen and oxygen atoms in total. The molecule has 0 bridgehead atoms. The molecule has 1 heterocycles. The van der Waals surface area contributed by atoms with Crippen molar-refractivity contribution in [1.82, 2.24) is 20.9 Å². The normalized spacial score (nSPS) is 12.0. The van der Waals surface area contributed by atoms with Crippen LogP contribution >= 0.6 is 11.3 Å². The fourth-order valence-corrected chi connectivity index (χ4v) is 2.39. The van der Waals surface area contributed by atoms with Gasteiger partial charge in [-0.15, -0.1) is 11.3 Å². The fourth-order valence-electron chi connectivity index (χ4n) is 1.65. The number of amides is 1. The van der Waals surface area contributed by atoms with Gasteiger partial charge in [0.05, 0.1) is 17.2 Å². The van der Waals surface area contributed by atoms with Crippen LogP contribution in [-0.2, 0) is 17.7 Å². The van der Waals surface area contributed by atoms with Crippen molar-refractivity contribution in [2.75, 3.05) is 20.1 Å². The van der Waals surface area contributed by atoms with Gasteiger partial charge in [0.2, 0.25) is 0 Å². The second-order valence-electron chi connectivity index (χ2n) is 5.87. The maximum atomic E-state index is 11.5. The summed E-state index contributed by atoms with van der Waals surface area (Å²) in [5.74, 6) is 0.669. The van der Waals surface area contributed by atoms with E-state index in [1.54, 1.807) is 18.4 Å². The second-order valence-corrected chi connectivity index (χ2v) is 6.81. The number of carbonyl (C=O) groups excluding carboxylic acids is 1. The van der Waals surface area contributed by atoms with E-state index in [0.717, 1.165) is 17.1 Å². The van der Waals surface area contributed by atoms with E-state index < -0.39 is 11.7 Å². The van der Waals surface area contributed by atoms with Crippen LogP contribution in [0.3, 0.4) is 0 Å². The third kappa shape index (κ3) is 8.39. The highest BCUT2D eigenvalue weighted by Crippen LogP contribution is 2.09. The molecule has 8 heteroatoms. The van der Waals surface area contributed by atoms with Crippen molar-refractivity contribution in [2.45, 2.75) is 46.3 Å². The summed E-state index contributed by atoms with van der Waals surface area (Å²) < 4.78 is 5.16. The van der Waals surface area contributed by atoms with Crippen molar-refractivity contribution in [1.29, 1.82) is 0 Å². The van der Waals surface area contributed by atoms with Crippen molar-refractivity contribution >= 4 is 23.4 Å². The van der Waals surface area contributed by atoms with E-state index >= 15 is 0 Å². The number of nitrogens with one attached hydrogen (secondary N) is 3. The molecule has 0 aliphatic heterocycles. The standard InChI is InChI=1S/C15H27N5O2S/c1-6-12-20-11(10-23-12)9-19-13(16-5)17-7-8-18-14(21)22-15(2,3)4/h10H,6-9H2,1-5H3,(H,18,21)(H2,16,17,19). The largest absolute Gasteiger partial charge is 0.444 e. The highest BCUT2D eigenvalue weighted by atomic mass is 32.1. The molecule has 1 amide bonds. The molecule has 0 aromatic carbocycles. The van der Waals surface area contributed by atoms with Crippen LogP contribution in [0.2, 0.25) is 0 Å². The molecule has 1 aromatic heterocycles. The lowest BCUT2D eigenvalue weighted by Crippen LogP contribution is -2.42. The van der Waals surface area contributed by atoms with Gasteiger partial charge in [0.15, 0.2) is 5.96 Å². The van der Waals surface area contributed by atoms with Gasteiger partial charge in [-0.25, -0.2) is 9.78 Å². The Labute approximate surface area is 141 Å². The summed E-state index contributed by atoms with van der Waals surface area (Å²) in [4.78, 5) is 20.1. The lowest BCUT2D eigenvalue weighted by Gasteiger charge is -2.19. The Hall–Kier alpha value is -1.83. The monoisotopic (exact) mass is 341 g/mol. The molecular weight excluding hydrogens is 314 g/mol. The Balaban J connectivity index is 2.23. The van der Waals surface area contributed by atoms with Gasteiger partial charge in [-0.1, -0.05) is 6.92 Å². The van der Waals surface area contributed by atoms with Crippen LogP contribution in [-0.4, -0.2) is 42.8 Å². The quantitative estimate of drug-likeness (QED) is 0.418. The molecule has 0 atom stereocenters. The van der Waals surface area contributed by atoms with Crippen molar-refractivity contribution in [3.63, 3.8) is 0 Å². The summed E-state index contributed by atoms with van der Waals surface area (Å²) in [5.41, 5.74) is 0.515. The Morgan fingerprint density at radius 2 is 2.00 bits per heavy atom. The first kappa shape index (κ1) is 19.2. The Morgan fingerprint density at radius 1 is 1.30 bits per heavy atom. The molecule has 0 saturated carbocycles. The van der Waals surface area contributed by atoms with E-state index in [9.17, 15) is 4.79 Å². The number of alkyl carbamates (subject to hydrolysis) is 1. The first-order valence-corrected chi connectivity index (χ1v) is 8.56. The fraction of sp³-hybridized carbons (Fsp3) is 0.667. The van der Waals surface area contributed by atoms with Gasteiger partial charge in [-0.3, -0.25) is 4.99 Å². The summed E-state index contributed by atoms with van der Waals surface area (Å²) in [6.45, 7) is 9.21. The number of aromatic nitrogens is 1. The summed E-state index contributed by atoms with van der Waals surface area (Å²) in [6.07, 6.45) is 0.533. The van der Waals surface area contributed by atoms with Crippen molar-refractivity contribution < 1.29 is 9.53 Å². The molecule has 0 aliphatic rings. The zero-order valence-corrected chi connectivity index (χ0v) is 15.3. The third-order valence-electron chi connectivity index (χ3n) is 2.65. The Bertz CT molecular complexity index is 522. The maximum Gasteiger partial charge on any atom is 0.407 e. The van der Waals surface area contributed by atoms with Crippen molar-refractivity contribution in [3.05, 3.63) is 16.1 Å². The minimum absolute atomic E-state index is 0.420. The number of hydrogen-bond donors (Lipinski definition) is 3. The van der Waals surface area contributed by atoms with E-state index in [0.29, 0.717) is 25.6 Å². The van der Waals surface area contributed by atoms with E-state index in [1.807, 2.05) is 26.2 Å². The van der Waals surface area contributed by atoms with Crippen LogP contribution in [0.25, 0.3) is 0 Å². The first-order valence-electron chi connectivity index (χ1n) is 7.68. The maximum absolute atomic E-state index is 11.5. The number of nitrogens with zero attached hydrogens (tertiary/aromatic N) is 2. The number of carbonyl (C=O) groups is 1. The number of ether oxygens (including phenoxy) is 1. The third-order valence-corrected chi connectivity index (χ3v) is 3.69. The highest BCUT2D eigenvalue weighted by Gasteiger charge is 2.15. The SMILES string of the molecule is CCc1nc(CNC(=NC)NCCNC(=O)OC(C)(C)C)cs1. The topological polar surface area (TPSA) is 87.6 Å². The van der Waals surface area contributed by atoms with E-state index in [1.165, 1.54) is 0 Å². The molecule has 0 saturated heterocycles. The minimum Gasteiger partial charge on any atom is -0.444 e. The molecule has 23 heavy (non-hydrogen) atoms. The van der Waals surface area contributed by atoms with Crippen LogP contribution in [0.5, 0.6) is 0 Å². The van der Waals surface area contributed by atoms with Crippen molar-refractivity contribution in [2.24, 2.45) is 4.99 Å². The molecule has 130 valence electrons. The van der Waals surface area contributed by atoms with Crippen LogP contribution < -0.4 is 16.0 Å². The van der Waals surface area contributed by atoms with Gasteiger partial charge in [-0.05, 0) is 27.2 Å². The number of hydrogen-bond acceptors (Lipinski definition) is 5. The van der Waals surface area contributed by atoms with E-state index in [2.05, 4.69) is 32.9 Å². The summed E-state index contributed by atoms with van der Waals surface area (Å²) in [6, 6.07) is 0. The molecule has 0 fully saturated rings. The summed E-state index contributed by atoms with van der Waals surface area (Å²) in [7, 11) is 1.70. The van der Waals surface area contributed by atoms with Gasteiger partial charge in [0.1, 0.15) is 5.60 Å². The van der Waals surface area contributed by atoms with E-state index in [-0.39, 0.29) is 0 Å². The molecule has 0 radical (unpaired) electrons. The lowest BCUT2D eigenvalue weighted by molar-refractivity contribution is 0.0529. The zero-order chi connectivity index (χ0) is 17.3. The average Bonchev–Trinajstić information content (AvgIpc) is 2.92. The molecule has 0 spiro atoms. The van der Waals surface area contributed by atoms with Gasteiger partial charge >= 0.3 is 6.09 Å². The van der Waals surface area contributed by atoms with Crippen LogP contribution in [0.1, 0.15) is 38.4 Å². The minimum atomic E-state index is -0.486. The highest BCUT2D eigenvalue weighted by molar-refractivity contribution is 7.09. The Kier molecular flexibility index (Phi) is 7.80. The van der Waals surface area contributed by atoms with Gasteiger partial charge in [0.25, 0.3) is 0 Å². The predicted molar refractivity (Wildman–Crippen MR) is 93.9 cm³/mol. The van der Waals surface area contributed by atoms with E-state index in [4.69, 9.17) is 4.74 Å². The second kappa shape index (κ2) is 9.34. The van der Waals surface area contributed by atoms with Crippen molar-refractivity contribution in [3.8, 4) is 0 Å². The Morgan fingerprint density at radius 3 is 2.57 bits per heavy atom. The number of aryl methyl sites for hydroxylation is 1. The molecule has 0 aliphatic carbocycles. The zero-order valence-electron chi connectivity index (χ0n) is 14.5. The van der Waals surface area contributed by atoms with Gasteiger partial charge < -0.3 is 20.7 Å². The van der Waals surface area contributed by atoms with Crippen LogP contribution in [0.4, 0.5) is 4.79 Å². The predicted octanol–water partition coefficient (Wildman–Crippen LogP) is 1.90. The molecule has 1 rings (SSSR count).